The molecule has 0 radical (unpaired) electrons. The normalized spacial score (nSPS) is 12.1. The van der Waals surface area contributed by atoms with Gasteiger partial charge in [0.25, 0.3) is 0 Å². The van der Waals surface area contributed by atoms with E-state index in [2.05, 4.69) is 26.0 Å². The molecular weight excluding hydrogens is 174 g/mol. The van der Waals surface area contributed by atoms with E-state index in [-0.39, 0.29) is 0 Å². The van der Waals surface area contributed by atoms with E-state index in [0.717, 1.165) is 5.56 Å². The molecule has 2 nitrogen and oxygen atoms in total. The zero-order chi connectivity index (χ0) is 10.8. The summed E-state index contributed by atoms with van der Waals surface area (Å²) in [6.45, 7) is 8.28. The van der Waals surface area contributed by atoms with E-state index >= 15 is 0 Å². The summed E-state index contributed by atoms with van der Waals surface area (Å²) in [7, 11) is 0. The number of hydrogen-bond donors (Lipinski definition) is 1. The highest BCUT2D eigenvalue weighted by atomic mass is 16.6. The Labute approximate surface area is 86.0 Å². The van der Waals surface area contributed by atoms with Crippen LogP contribution in [0.3, 0.4) is 0 Å². The molecule has 0 aliphatic carbocycles. The van der Waals surface area contributed by atoms with Crippen molar-refractivity contribution in [2.75, 3.05) is 0 Å². The Balaban J connectivity index is 3.05. The van der Waals surface area contributed by atoms with Gasteiger partial charge >= 0.3 is 0 Å². The van der Waals surface area contributed by atoms with E-state index < -0.39 is 5.60 Å². The van der Waals surface area contributed by atoms with Crippen molar-refractivity contribution < 1.29 is 4.84 Å². The van der Waals surface area contributed by atoms with Crippen LogP contribution in [0.1, 0.15) is 44.7 Å². The first kappa shape index (κ1) is 11.2. The average Bonchev–Trinajstić information content (AvgIpc) is 2.18. The first-order valence-corrected chi connectivity index (χ1v) is 4.95. The molecular formula is C12H19NO. The lowest BCUT2D eigenvalue weighted by Crippen LogP contribution is -2.25. The van der Waals surface area contributed by atoms with Crippen molar-refractivity contribution in [1.82, 2.24) is 0 Å². The van der Waals surface area contributed by atoms with Gasteiger partial charge in [0.2, 0.25) is 0 Å². The van der Waals surface area contributed by atoms with Gasteiger partial charge in [-0.1, -0.05) is 38.1 Å². The van der Waals surface area contributed by atoms with Crippen molar-refractivity contribution in [2.45, 2.75) is 39.2 Å². The second-order valence-corrected chi connectivity index (χ2v) is 4.41. The maximum absolute atomic E-state index is 5.26. The number of hydrogen-bond acceptors (Lipinski definition) is 2. The summed E-state index contributed by atoms with van der Waals surface area (Å²) in [5, 5.41) is 0. The summed E-state index contributed by atoms with van der Waals surface area (Å²) in [4.78, 5) is 4.96. The van der Waals surface area contributed by atoms with E-state index in [4.69, 9.17) is 10.7 Å². The predicted molar refractivity (Wildman–Crippen MR) is 58.8 cm³/mol. The molecule has 1 aromatic carbocycles. The lowest BCUT2D eigenvalue weighted by atomic mass is 9.93. The van der Waals surface area contributed by atoms with E-state index in [9.17, 15) is 0 Å². The molecule has 2 heteroatoms. The molecule has 0 aliphatic rings. The minimum absolute atomic E-state index is 0.412. The lowest BCUT2D eigenvalue weighted by molar-refractivity contribution is -0.0236. The molecule has 1 aromatic rings. The van der Waals surface area contributed by atoms with Gasteiger partial charge in [-0.25, -0.2) is 5.90 Å². The summed E-state index contributed by atoms with van der Waals surface area (Å²) in [6.07, 6.45) is 0. The molecule has 0 spiro atoms. The number of nitrogens with two attached hydrogens (primary N) is 1. The van der Waals surface area contributed by atoms with Gasteiger partial charge in [-0.15, -0.1) is 0 Å². The molecule has 0 saturated carbocycles. The smallest absolute Gasteiger partial charge is 0.109 e. The van der Waals surface area contributed by atoms with Crippen LogP contribution in [0.5, 0.6) is 0 Å². The standard InChI is InChI=1S/C12H19NO/c1-9(2)10-6-5-7-11(8-10)12(3,4)14-13/h5-9H,13H2,1-4H3. The van der Waals surface area contributed by atoms with Gasteiger partial charge in [0, 0.05) is 0 Å². The quantitative estimate of drug-likeness (QED) is 0.749. The van der Waals surface area contributed by atoms with Gasteiger partial charge < -0.3 is 0 Å². The van der Waals surface area contributed by atoms with Gasteiger partial charge in [0.05, 0.1) is 0 Å². The van der Waals surface area contributed by atoms with Crippen LogP contribution in [0.25, 0.3) is 0 Å². The second-order valence-electron chi connectivity index (χ2n) is 4.41. The first-order chi connectivity index (χ1) is 6.47. The number of benzene rings is 1. The van der Waals surface area contributed by atoms with Crippen molar-refractivity contribution in [3.8, 4) is 0 Å². The Kier molecular flexibility index (Phi) is 3.29. The van der Waals surface area contributed by atoms with E-state index in [0.29, 0.717) is 5.92 Å². The third-order valence-electron chi connectivity index (χ3n) is 2.54. The van der Waals surface area contributed by atoms with Crippen LogP contribution in [-0.4, -0.2) is 0 Å². The van der Waals surface area contributed by atoms with E-state index in [1.54, 1.807) is 0 Å². The Hall–Kier alpha value is -0.860. The maximum atomic E-state index is 5.26. The van der Waals surface area contributed by atoms with E-state index in [1.807, 2.05) is 26.0 Å². The minimum atomic E-state index is -0.412. The topological polar surface area (TPSA) is 35.2 Å². The molecule has 0 saturated heterocycles. The summed E-state index contributed by atoms with van der Waals surface area (Å²) >= 11 is 0. The monoisotopic (exact) mass is 193 g/mol. The maximum Gasteiger partial charge on any atom is 0.109 e. The van der Waals surface area contributed by atoms with Crippen molar-refractivity contribution >= 4 is 0 Å². The lowest BCUT2D eigenvalue weighted by Gasteiger charge is -2.23. The van der Waals surface area contributed by atoms with Crippen LogP contribution in [-0.2, 0) is 10.4 Å². The molecule has 14 heavy (non-hydrogen) atoms. The molecule has 78 valence electrons. The molecule has 0 amide bonds. The fraction of sp³-hybridized carbons (Fsp3) is 0.500. The SMILES string of the molecule is CC(C)c1cccc(C(C)(C)ON)c1. The van der Waals surface area contributed by atoms with Crippen LogP contribution in [0.15, 0.2) is 24.3 Å². The minimum Gasteiger partial charge on any atom is -0.294 e. The second kappa shape index (κ2) is 4.11. The van der Waals surface area contributed by atoms with Crippen LogP contribution >= 0.6 is 0 Å². The third-order valence-corrected chi connectivity index (χ3v) is 2.54. The molecule has 2 N–H and O–H groups in total. The zero-order valence-corrected chi connectivity index (χ0v) is 9.37. The van der Waals surface area contributed by atoms with Gasteiger partial charge in [0.1, 0.15) is 5.60 Å². The Morgan fingerprint density at radius 3 is 2.43 bits per heavy atom. The van der Waals surface area contributed by atoms with Crippen molar-refractivity contribution in [3.63, 3.8) is 0 Å². The van der Waals surface area contributed by atoms with Crippen molar-refractivity contribution in [1.29, 1.82) is 0 Å². The van der Waals surface area contributed by atoms with Gasteiger partial charge in [-0.05, 0) is 30.9 Å². The molecule has 0 atom stereocenters. The summed E-state index contributed by atoms with van der Waals surface area (Å²) < 4.78 is 0. The summed E-state index contributed by atoms with van der Waals surface area (Å²) in [6, 6.07) is 8.36. The molecule has 1 rings (SSSR count). The van der Waals surface area contributed by atoms with Gasteiger partial charge in [-0.2, -0.15) is 0 Å². The molecule has 0 bridgehead atoms. The van der Waals surface area contributed by atoms with Crippen molar-refractivity contribution in [2.24, 2.45) is 5.90 Å². The molecule has 0 aromatic heterocycles. The van der Waals surface area contributed by atoms with Gasteiger partial charge in [0.15, 0.2) is 0 Å². The highest BCUT2D eigenvalue weighted by Crippen LogP contribution is 2.25. The summed E-state index contributed by atoms with van der Waals surface area (Å²) in [5.74, 6) is 5.80. The highest BCUT2D eigenvalue weighted by molar-refractivity contribution is 5.29. The van der Waals surface area contributed by atoms with Crippen molar-refractivity contribution in [3.05, 3.63) is 35.4 Å². The molecule has 0 heterocycles. The number of rotatable bonds is 3. The average molecular weight is 193 g/mol. The van der Waals surface area contributed by atoms with Crippen LogP contribution in [0.2, 0.25) is 0 Å². The predicted octanol–water partition coefficient (Wildman–Crippen LogP) is 2.94. The van der Waals surface area contributed by atoms with Crippen LogP contribution < -0.4 is 5.90 Å². The Morgan fingerprint density at radius 1 is 1.29 bits per heavy atom. The Bertz CT molecular complexity index is 305. The Morgan fingerprint density at radius 2 is 1.93 bits per heavy atom. The van der Waals surface area contributed by atoms with E-state index in [1.165, 1.54) is 5.56 Å². The highest BCUT2D eigenvalue weighted by Gasteiger charge is 2.20. The first-order valence-electron chi connectivity index (χ1n) is 4.95. The summed E-state index contributed by atoms with van der Waals surface area (Å²) in [5.41, 5.74) is 2.02. The third kappa shape index (κ3) is 2.34. The van der Waals surface area contributed by atoms with Crippen LogP contribution in [0.4, 0.5) is 0 Å². The van der Waals surface area contributed by atoms with Crippen LogP contribution in [0, 0.1) is 0 Å². The largest absolute Gasteiger partial charge is 0.294 e. The molecule has 0 aliphatic heterocycles. The van der Waals surface area contributed by atoms with Gasteiger partial charge in [-0.3, -0.25) is 4.84 Å². The zero-order valence-electron chi connectivity index (χ0n) is 9.37. The molecule has 0 unspecified atom stereocenters. The fourth-order valence-electron chi connectivity index (χ4n) is 1.34. The fourth-order valence-corrected chi connectivity index (χ4v) is 1.34. The molecule has 0 fully saturated rings.